The minimum Gasteiger partial charge on any atom is -0.352 e. The highest BCUT2D eigenvalue weighted by molar-refractivity contribution is 7.92. The van der Waals surface area contributed by atoms with Gasteiger partial charge in [-0.15, -0.1) is 11.3 Å². The van der Waals surface area contributed by atoms with Crippen LogP contribution in [0.15, 0.2) is 86.4 Å². The maximum atomic E-state index is 12.9. The number of nitrogens with zero attached hydrogens (tertiary/aromatic N) is 1. The van der Waals surface area contributed by atoms with Gasteiger partial charge in [-0.05, 0) is 36.6 Å². The molecule has 0 fully saturated rings. The van der Waals surface area contributed by atoms with Gasteiger partial charge in [-0.3, -0.25) is 4.79 Å². The molecule has 0 amide bonds. The van der Waals surface area contributed by atoms with Crippen LogP contribution in [0.2, 0.25) is 0 Å². The molecular formula is C21H16N2O3S2. The molecule has 7 heteroatoms. The summed E-state index contributed by atoms with van der Waals surface area (Å²) in [6, 6.07) is 17.6. The van der Waals surface area contributed by atoms with Crippen molar-refractivity contribution < 1.29 is 13.2 Å². The zero-order valence-electron chi connectivity index (χ0n) is 14.9. The molecule has 5 nitrogen and oxygen atoms in total. The monoisotopic (exact) mass is 408 g/mol. The number of carbonyl (C=O) groups is 1. The van der Waals surface area contributed by atoms with Gasteiger partial charge in [0, 0.05) is 16.8 Å². The molecular weight excluding hydrogens is 392 g/mol. The van der Waals surface area contributed by atoms with Crippen molar-refractivity contribution in [1.82, 2.24) is 0 Å². The lowest BCUT2D eigenvalue weighted by atomic mass is 9.92. The van der Waals surface area contributed by atoms with E-state index in [1.165, 1.54) is 12.1 Å². The third-order valence-electron chi connectivity index (χ3n) is 4.27. The first kappa shape index (κ1) is 18.3. The Morgan fingerprint density at radius 3 is 2.32 bits per heavy atom. The average molecular weight is 409 g/mol. The van der Waals surface area contributed by atoms with Crippen molar-refractivity contribution in [2.24, 2.45) is 4.40 Å². The number of sulfonamides is 1. The molecule has 1 N–H and O–H groups in total. The van der Waals surface area contributed by atoms with Crippen LogP contribution in [0.1, 0.15) is 21.5 Å². The Bertz CT molecular complexity index is 1210. The molecule has 1 heterocycles. The van der Waals surface area contributed by atoms with Crippen molar-refractivity contribution in [3.05, 3.63) is 94.5 Å². The van der Waals surface area contributed by atoms with Crippen LogP contribution in [0.3, 0.4) is 0 Å². The molecule has 2 aromatic carbocycles. The highest BCUT2D eigenvalue weighted by Gasteiger charge is 2.26. The predicted octanol–water partition coefficient (Wildman–Crippen LogP) is 4.43. The molecule has 4 rings (SSSR count). The van der Waals surface area contributed by atoms with Crippen molar-refractivity contribution in [1.29, 1.82) is 0 Å². The van der Waals surface area contributed by atoms with Crippen molar-refractivity contribution in [3.8, 4) is 0 Å². The molecule has 0 spiro atoms. The second kappa shape index (κ2) is 7.18. The first-order valence-electron chi connectivity index (χ1n) is 8.52. The summed E-state index contributed by atoms with van der Waals surface area (Å²) in [6.07, 6.45) is 1.50. The quantitative estimate of drug-likeness (QED) is 0.693. The summed E-state index contributed by atoms with van der Waals surface area (Å²) in [5.41, 5.74) is 3.27. The van der Waals surface area contributed by atoms with Crippen molar-refractivity contribution in [2.45, 2.75) is 11.1 Å². The van der Waals surface area contributed by atoms with Gasteiger partial charge in [-0.2, -0.15) is 12.8 Å². The molecule has 0 unspecified atom stereocenters. The number of Topliss-reactive ketones (excluding diaryl/α,β-unsaturated/α-hetero) is 1. The molecule has 0 saturated heterocycles. The SMILES string of the molecule is Cc1ccc(NC2=C/C(=N\S(=O)(=O)c3cccs3)c3ccccc3C2=O)cc1. The van der Waals surface area contributed by atoms with E-state index in [4.69, 9.17) is 0 Å². The zero-order valence-corrected chi connectivity index (χ0v) is 16.5. The molecule has 28 heavy (non-hydrogen) atoms. The Morgan fingerprint density at radius 2 is 1.64 bits per heavy atom. The van der Waals surface area contributed by atoms with E-state index < -0.39 is 10.0 Å². The van der Waals surface area contributed by atoms with Crippen LogP contribution in [0.4, 0.5) is 5.69 Å². The fourth-order valence-corrected chi connectivity index (χ4v) is 4.84. The number of aryl methyl sites for hydroxylation is 1. The number of nitrogens with one attached hydrogen (secondary N) is 1. The molecule has 0 atom stereocenters. The van der Waals surface area contributed by atoms with Gasteiger partial charge in [-0.1, -0.05) is 48.0 Å². The third kappa shape index (κ3) is 3.54. The van der Waals surface area contributed by atoms with Gasteiger partial charge in [0.05, 0.1) is 11.4 Å². The molecule has 0 radical (unpaired) electrons. The zero-order chi connectivity index (χ0) is 19.7. The molecule has 0 aliphatic heterocycles. The number of benzene rings is 2. The second-order valence-corrected chi connectivity index (χ2v) is 9.09. The maximum Gasteiger partial charge on any atom is 0.292 e. The Morgan fingerprint density at radius 1 is 0.929 bits per heavy atom. The minimum absolute atomic E-state index is 0.163. The largest absolute Gasteiger partial charge is 0.352 e. The van der Waals surface area contributed by atoms with Crippen LogP contribution in [0.25, 0.3) is 0 Å². The van der Waals surface area contributed by atoms with Gasteiger partial charge in [0.15, 0.2) is 0 Å². The van der Waals surface area contributed by atoms with E-state index in [9.17, 15) is 13.2 Å². The number of ketones is 1. The molecule has 3 aromatic rings. The van der Waals surface area contributed by atoms with E-state index in [1.807, 2.05) is 31.2 Å². The van der Waals surface area contributed by atoms with Crippen LogP contribution >= 0.6 is 11.3 Å². The molecule has 0 saturated carbocycles. The Balaban J connectivity index is 1.81. The van der Waals surface area contributed by atoms with E-state index in [0.29, 0.717) is 11.1 Å². The van der Waals surface area contributed by atoms with Gasteiger partial charge in [0.25, 0.3) is 10.0 Å². The number of rotatable bonds is 4. The van der Waals surface area contributed by atoms with Crippen molar-refractivity contribution >= 4 is 38.5 Å². The normalized spacial score (nSPS) is 15.2. The number of anilines is 1. The highest BCUT2D eigenvalue weighted by atomic mass is 32.2. The molecule has 140 valence electrons. The maximum absolute atomic E-state index is 12.9. The number of fused-ring (bicyclic) bond motifs is 1. The van der Waals surface area contributed by atoms with Crippen molar-refractivity contribution in [2.75, 3.05) is 5.32 Å². The van der Waals surface area contributed by atoms with Crippen LogP contribution in [-0.2, 0) is 10.0 Å². The van der Waals surface area contributed by atoms with E-state index in [2.05, 4.69) is 9.71 Å². The lowest BCUT2D eigenvalue weighted by Crippen LogP contribution is -2.22. The smallest absolute Gasteiger partial charge is 0.292 e. The first-order valence-corrected chi connectivity index (χ1v) is 10.8. The highest BCUT2D eigenvalue weighted by Crippen LogP contribution is 2.26. The molecule has 0 bridgehead atoms. The van der Waals surface area contributed by atoms with E-state index in [1.54, 1.807) is 35.7 Å². The lowest BCUT2D eigenvalue weighted by Gasteiger charge is -2.18. The Kier molecular flexibility index (Phi) is 4.70. The van der Waals surface area contributed by atoms with Crippen molar-refractivity contribution in [3.63, 3.8) is 0 Å². The average Bonchev–Trinajstić information content (AvgIpc) is 3.23. The molecule has 1 aromatic heterocycles. The minimum atomic E-state index is -3.86. The number of hydrogen-bond acceptors (Lipinski definition) is 5. The van der Waals surface area contributed by atoms with Gasteiger partial charge < -0.3 is 5.32 Å². The van der Waals surface area contributed by atoms with Crippen LogP contribution in [0.5, 0.6) is 0 Å². The van der Waals surface area contributed by atoms with Gasteiger partial charge in [-0.25, -0.2) is 0 Å². The van der Waals surface area contributed by atoms with E-state index in [-0.39, 0.29) is 21.4 Å². The summed E-state index contributed by atoms with van der Waals surface area (Å²) in [4.78, 5) is 12.9. The van der Waals surface area contributed by atoms with E-state index in [0.717, 1.165) is 22.6 Å². The fourth-order valence-electron chi connectivity index (χ4n) is 2.88. The third-order valence-corrected chi connectivity index (χ3v) is 6.94. The van der Waals surface area contributed by atoms with E-state index >= 15 is 0 Å². The predicted molar refractivity (Wildman–Crippen MR) is 112 cm³/mol. The summed E-state index contributed by atoms with van der Waals surface area (Å²) in [5, 5.41) is 4.77. The van der Waals surface area contributed by atoms with Crippen LogP contribution in [-0.4, -0.2) is 19.9 Å². The second-order valence-electron chi connectivity index (χ2n) is 6.31. The topological polar surface area (TPSA) is 75.6 Å². The number of carbonyl (C=O) groups excluding carboxylic acids is 1. The number of thiophene rings is 1. The standard InChI is InChI=1S/C21H16N2O3S2/c1-14-8-10-15(11-9-14)22-19-13-18(16-5-2-3-6-17(16)21(19)24)23-28(25,26)20-7-4-12-27-20/h2-13,22H,1H3/b23-18+. The summed E-state index contributed by atoms with van der Waals surface area (Å²) in [5.74, 6) is -0.205. The number of hydrogen-bond donors (Lipinski definition) is 1. The summed E-state index contributed by atoms with van der Waals surface area (Å²) in [7, 11) is -3.86. The van der Waals surface area contributed by atoms with Crippen LogP contribution in [0, 0.1) is 6.92 Å². The fraction of sp³-hybridized carbons (Fsp3) is 0.0476. The lowest BCUT2D eigenvalue weighted by molar-refractivity contribution is 0.103. The summed E-state index contributed by atoms with van der Waals surface area (Å²) >= 11 is 1.11. The number of allylic oxidation sites excluding steroid dienone is 2. The van der Waals surface area contributed by atoms with Gasteiger partial charge in [0.1, 0.15) is 4.21 Å². The summed E-state index contributed by atoms with van der Waals surface area (Å²) < 4.78 is 29.5. The first-order chi connectivity index (χ1) is 13.4. The van der Waals surface area contributed by atoms with Gasteiger partial charge >= 0.3 is 0 Å². The van der Waals surface area contributed by atoms with Gasteiger partial charge in [0.2, 0.25) is 5.78 Å². The van der Waals surface area contributed by atoms with Crippen LogP contribution < -0.4 is 5.32 Å². The Labute approximate surface area is 167 Å². The summed E-state index contributed by atoms with van der Waals surface area (Å²) in [6.45, 7) is 1.98. The molecule has 1 aliphatic carbocycles. The molecule has 1 aliphatic rings. The Hall–Kier alpha value is -3.03.